The second kappa shape index (κ2) is 8.70. The Morgan fingerprint density at radius 3 is 2.26 bits per heavy atom. The van der Waals surface area contributed by atoms with Crippen molar-refractivity contribution in [2.75, 3.05) is 13.7 Å². The van der Waals surface area contributed by atoms with Crippen molar-refractivity contribution < 1.29 is 27.5 Å². The van der Waals surface area contributed by atoms with Gasteiger partial charge >= 0.3 is 12.1 Å². The number of methoxy groups -OCH3 is 1. The number of rotatable bonds is 6. The van der Waals surface area contributed by atoms with E-state index in [4.69, 9.17) is 0 Å². The van der Waals surface area contributed by atoms with E-state index in [1.807, 2.05) is 0 Å². The van der Waals surface area contributed by atoms with Crippen molar-refractivity contribution in [2.24, 2.45) is 0 Å². The van der Waals surface area contributed by atoms with Crippen LogP contribution in [-0.2, 0) is 28.7 Å². The normalized spacial score (nSPS) is 11.1. The Morgan fingerprint density at radius 2 is 1.70 bits per heavy atom. The van der Waals surface area contributed by atoms with Gasteiger partial charge in [-0.3, -0.25) is 4.79 Å². The number of esters is 1. The van der Waals surface area contributed by atoms with Crippen molar-refractivity contribution in [1.82, 2.24) is 4.90 Å². The lowest BCUT2D eigenvalue weighted by molar-refractivity contribution is -0.137. The summed E-state index contributed by atoms with van der Waals surface area (Å²) < 4.78 is 43.1. The summed E-state index contributed by atoms with van der Waals surface area (Å²) in [7, 11) is 1.30. The molecule has 0 aliphatic heterocycles. The molecule has 1 amide bonds. The maximum atomic E-state index is 12.8. The number of amides is 1. The molecular weight excluding hydrogens is 359 g/mol. The van der Waals surface area contributed by atoms with Crippen LogP contribution in [0.3, 0.4) is 0 Å². The molecule has 2 rings (SSSR count). The number of nitrogens with zero attached hydrogens (tertiary/aromatic N) is 1. The molecule has 2 aromatic rings. The molecule has 0 aromatic heterocycles. The lowest BCUT2D eigenvalue weighted by atomic mass is 10.1. The van der Waals surface area contributed by atoms with E-state index >= 15 is 0 Å². The SMILES string of the molecule is COC(=O)c1ccc(CCN(Cc2cccc(C(F)(F)F)c2)C(C)=O)cc1. The molecule has 0 aliphatic rings. The van der Waals surface area contributed by atoms with E-state index in [0.29, 0.717) is 24.1 Å². The van der Waals surface area contributed by atoms with Gasteiger partial charge < -0.3 is 9.64 Å². The highest BCUT2D eigenvalue weighted by Gasteiger charge is 2.30. The molecular formula is C20H20F3NO3. The molecule has 0 aliphatic carbocycles. The average Bonchev–Trinajstić information content (AvgIpc) is 2.64. The van der Waals surface area contributed by atoms with Gasteiger partial charge in [-0.05, 0) is 41.8 Å². The second-order valence-corrected chi connectivity index (χ2v) is 6.08. The van der Waals surface area contributed by atoms with Crippen LogP contribution in [-0.4, -0.2) is 30.4 Å². The van der Waals surface area contributed by atoms with E-state index in [1.165, 1.54) is 25.0 Å². The summed E-state index contributed by atoms with van der Waals surface area (Å²) in [5, 5.41) is 0. The second-order valence-electron chi connectivity index (χ2n) is 6.08. The molecule has 0 saturated carbocycles. The largest absolute Gasteiger partial charge is 0.465 e. The van der Waals surface area contributed by atoms with Gasteiger partial charge in [0.1, 0.15) is 0 Å². The summed E-state index contributed by atoms with van der Waals surface area (Å²) in [5.41, 5.74) is 1.01. The van der Waals surface area contributed by atoms with Crippen LogP contribution in [0.15, 0.2) is 48.5 Å². The van der Waals surface area contributed by atoms with Gasteiger partial charge in [0, 0.05) is 20.0 Å². The zero-order valence-corrected chi connectivity index (χ0v) is 15.0. The van der Waals surface area contributed by atoms with E-state index in [9.17, 15) is 22.8 Å². The first-order chi connectivity index (χ1) is 12.7. The van der Waals surface area contributed by atoms with Gasteiger partial charge in [-0.2, -0.15) is 13.2 Å². The topological polar surface area (TPSA) is 46.6 Å². The van der Waals surface area contributed by atoms with E-state index < -0.39 is 17.7 Å². The van der Waals surface area contributed by atoms with E-state index in [1.54, 1.807) is 30.3 Å². The third-order valence-corrected chi connectivity index (χ3v) is 4.12. The fourth-order valence-corrected chi connectivity index (χ4v) is 2.60. The monoisotopic (exact) mass is 379 g/mol. The predicted octanol–water partition coefficient (Wildman–Crippen LogP) is 4.08. The summed E-state index contributed by atoms with van der Waals surface area (Å²) in [6, 6.07) is 11.7. The highest BCUT2D eigenvalue weighted by Crippen LogP contribution is 2.29. The fourth-order valence-electron chi connectivity index (χ4n) is 2.60. The van der Waals surface area contributed by atoms with Gasteiger partial charge in [-0.1, -0.05) is 24.3 Å². The number of benzene rings is 2. The van der Waals surface area contributed by atoms with Gasteiger partial charge in [0.15, 0.2) is 0 Å². The van der Waals surface area contributed by atoms with Crippen LogP contribution >= 0.6 is 0 Å². The van der Waals surface area contributed by atoms with Gasteiger partial charge in [-0.15, -0.1) is 0 Å². The van der Waals surface area contributed by atoms with Crippen LogP contribution in [0, 0.1) is 0 Å². The molecule has 0 unspecified atom stereocenters. The highest BCUT2D eigenvalue weighted by molar-refractivity contribution is 5.89. The maximum Gasteiger partial charge on any atom is 0.416 e. The number of carbonyl (C=O) groups is 2. The molecule has 0 bridgehead atoms. The standard InChI is InChI=1S/C20H20F3NO3/c1-14(25)24(13-16-4-3-5-18(12-16)20(21,22)23)11-10-15-6-8-17(9-7-15)19(26)27-2/h3-9,12H,10-11,13H2,1-2H3. The van der Waals surface area contributed by atoms with E-state index in [-0.39, 0.29) is 12.5 Å². The molecule has 2 aromatic carbocycles. The summed E-state index contributed by atoms with van der Waals surface area (Å²) in [6.07, 6.45) is -3.90. The average molecular weight is 379 g/mol. The smallest absolute Gasteiger partial charge is 0.416 e. The van der Waals surface area contributed by atoms with Crippen molar-refractivity contribution in [3.8, 4) is 0 Å². The van der Waals surface area contributed by atoms with E-state index in [2.05, 4.69) is 4.74 Å². The minimum absolute atomic E-state index is 0.0967. The number of carbonyl (C=O) groups excluding carboxylic acids is 2. The number of hydrogen-bond donors (Lipinski definition) is 0. The lowest BCUT2D eigenvalue weighted by Gasteiger charge is -2.22. The Bertz CT molecular complexity index is 801. The Labute approximate surface area is 155 Å². The Hall–Kier alpha value is -2.83. The molecule has 0 heterocycles. The van der Waals surface area contributed by atoms with E-state index in [0.717, 1.165) is 17.7 Å². The van der Waals surface area contributed by atoms with Gasteiger partial charge in [0.2, 0.25) is 5.91 Å². The van der Waals surface area contributed by atoms with Crippen LogP contribution in [0.1, 0.15) is 34.0 Å². The minimum Gasteiger partial charge on any atom is -0.465 e. The van der Waals surface area contributed by atoms with Crippen molar-refractivity contribution >= 4 is 11.9 Å². The summed E-state index contributed by atoms with van der Waals surface area (Å²) in [4.78, 5) is 24.8. The molecule has 0 fully saturated rings. The summed E-state index contributed by atoms with van der Waals surface area (Å²) in [6.45, 7) is 1.83. The van der Waals surface area contributed by atoms with Crippen LogP contribution in [0.2, 0.25) is 0 Å². The number of hydrogen-bond acceptors (Lipinski definition) is 3. The Balaban J connectivity index is 2.04. The third kappa shape index (κ3) is 5.84. The quantitative estimate of drug-likeness (QED) is 0.711. The molecule has 4 nitrogen and oxygen atoms in total. The molecule has 0 radical (unpaired) electrons. The van der Waals surface area contributed by atoms with Crippen LogP contribution in [0.5, 0.6) is 0 Å². The molecule has 7 heteroatoms. The zero-order chi connectivity index (χ0) is 20.0. The van der Waals surface area contributed by atoms with Crippen molar-refractivity contribution in [1.29, 1.82) is 0 Å². The molecule has 27 heavy (non-hydrogen) atoms. The molecule has 0 atom stereocenters. The zero-order valence-electron chi connectivity index (χ0n) is 15.0. The maximum absolute atomic E-state index is 12.8. The van der Waals surface area contributed by atoms with Crippen LogP contribution < -0.4 is 0 Å². The van der Waals surface area contributed by atoms with Gasteiger partial charge in [0.05, 0.1) is 18.2 Å². The highest BCUT2D eigenvalue weighted by atomic mass is 19.4. The van der Waals surface area contributed by atoms with Crippen molar-refractivity contribution in [3.05, 3.63) is 70.8 Å². The van der Waals surface area contributed by atoms with Crippen LogP contribution in [0.25, 0.3) is 0 Å². The Kier molecular flexibility index (Phi) is 6.60. The molecule has 0 N–H and O–H groups in total. The number of ether oxygens (including phenoxy) is 1. The van der Waals surface area contributed by atoms with Gasteiger partial charge in [0.25, 0.3) is 0 Å². The number of halogens is 3. The minimum atomic E-state index is -4.42. The summed E-state index contributed by atoms with van der Waals surface area (Å²) >= 11 is 0. The molecule has 0 spiro atoms. The number of alkyl halides is 3. The first-order valence-electron chi connectivity index (χ1n) is 8.29. The summed E-state index contributed by atoms with van der Waals surface area (Å²) in [5.74, 6) is -0.657. The van der Waals surface area contributed by atoms with Crippen LogP contribution in [0.4, 0.5) is 13.2 Å². The Morgan fingerprint density at radius 1 is 1.04 bits per heavy atom. The molecule has 0 saturated heterocycles. The third-order valence-electron chi connectivity index (χ3n) is 4.12. The van der Waals surface area contributed by atoms with Gasteiger partial charge in [-0.25, -0.2) is 4.79 Å². The first-order valence-corrected chi connectivity index (χ1v) is 8.29. The van der Waals surface area contributed by atoms with Crippen molar-refractivity contribution in [2.45, 2.75) is 26.1 Å². The molecule has 144 valence electrons. The first kappa shape index (κ1) is 20.5. The van der Waals surface area contributed by atoms with Crippen molar-refractivity contribution in [3.63, 3.8) is 0 Å². The fraction of sp³-hybridized carbons (Fsp3) is 0.300. The predicted molar refractivity (Wildman–Crippen MR) is 94.0 cm³/mol. The lowest BCUT2D eigenvalue weighted by Crippen LogP contribution is -2.30.